The number of hydrogen-bond donors (Lipinski definition) is 2. The average Bonchev–Trinajstić information content (AvgIpc) is 3.20. The Kier molecular flexibility index (Phi) is 5.35. The molecule has 1 aromatic carbocycles. The predicted molar refractivity (Wildman–Crippen MR) is 95.2 cm³/mol. The summed E-state index contributed by atoms with van der Waals surface area (Å²) < 4.78 is 45.7. The average molecular weight is 403 g/mol. The van der Waals surface area contributed by atoms with Gasteiger partial charge in [0.25, 0.3) is 5.91 Å². The summed E-state index contributed by atoms with van der Waals surface area (Å²) in [4.78, 5) is 12.5. The van der Waals surface area contributed by atoms with Crippen LogP contribution in [-0.4, -0.2) is 29.7 Å². The van der Waals surface area contributed by atoms with Gasteiger partial charge in [0.15, 0.2) is 3.95 Å². The standard InChI is InChI=1S/C16H16F3N3O2S2/c17-16(18,19)9-3-1-4-10(7-9)22-13(20)12(26-15(22)25)14(23)21-8-11-5-2-6-24-11/h1,3-4,7,11H,2,5-6,8,20H2,(H,21,23)/t11-/m1/s1. The molecule has 5 nitrogen and oxygen atoms in total. The number of carbonyl (C=O) groups is 1. The van der Waals surface area contributed by atoms with E-state index in [1.807, 2.05) is 0 Å². The number of nitrogens with one attached hydrogen (secondary N) is 1. The second-order valence-electron chi connectivity index (χ2n) is 5.81. The van der Waals surface area contributed by atoms with Crippen LogP contribution in [0.1, 0.15) is 28.1 Å². The molecule has 1 atom stereocenters. The summed E-state index contributed by atoms with van der Waals surface area (Å²) in [6.45, 7) is 1.03. The Bertz CT molecular complexity index is 870. The first kappa shape index (κ1) is 18.9. The SMILES string of the molecule is Nc1c(C(=O)NC[C@H]2CCCO2)sc(=S)n1-c1cccc(C(F)(F)F)c1. The zero-order valence-corrected chi connectivity index (χ0v) is 15.1. The van der Waals surface area contributed by atoms with Crippen LogP contribution in [-0.2, 0) is 10.9 Å². The van der Waals surface area contributed by atoms with Crippen LogP contribution in [0.5, 0.6) is 0 Å². The lowest BCUT2D eigenvalue weighted by atomic mass is 10.2. The zero-order valence-electron chi connectivity index (χ0n) is 13.5. The molecule has 1 aliphatic rings. The summed E-state index contributed by atoms with van der Waals surface area (Å²) in [6, 6.07) is 4.65. The van der Waals surface area contributed by atoms with Crippen molar-refractivity contribution in [3.05, 3.63) is 38.7 Å². The van der Waals surface area contributed by atoms with Crippen LogP contribution >= 0.6 is 23.6 Å². The molecule has 10 heteroatoms. The van der Waals surface area contributed by atoms with Gasteiger partial charge >= 0.3 is 6.18 Å². The smallest absolute Gasteiger partial charge is 0.383 e. The summed E-state index contributed by atoms with van der Waals surface area (Å²) in [5.41, 5.74) is 5.36. The maximum absolute atomic E-state index is 12.9. The molecule has 3 N–H and O–H groups in total. The fourth-order valence-electron chi connectivity index (χ4n) is 2.71. The van der Waals surface area contributed by atoms with E-state index in [0.29, 0.717) is 13.2 Å². The van der Waals surface area contributed by atoms with Crippen molar-refractivity contribution < 1.29 is 22.7 Å². The molecule has 2 heterocycles. The molecule has 140 valence electrons. The van der Waals surface area contributed by atoms with Gasteiger partial charge in [-0.2, -0.15) is 13.2 Å². The van der Waals surface area contributed by atoms with Crippen molar-refractivity contribution in [3.63, 3.8) is 0 Å². The largest absolute Gasteiger partial charge is 0.416 e. The second-order valence-corrected chi connectivity index (χ2v) is 7.46. The van der Waals surface area contributed by atoms with E-state index in [0.717, 1.165) is 36.3 Å². The number of aromatic nitrogens is 1. The van der Waals surface area contributed by atoms with E-state index in [1.165, 1.54) is 16.7 Å². The fraction of sp³-hybridized carbons (Fsp3) is 0.375. The molecule has 3 rings (SSSR count). The van der Waals surface area contributed by atoms with E-state index in [2.05, 4.69) is 5.32 Å². The molecule has 1 amide bonds. The summed E-state index contributed by atoms with van der Waals surface area (Å²) in [5, 5.41) is 2.74. The molecule has 2 aromatic rings. The van der Waals surface area contributed by atoms with E-state index in [1.54, 1.807) is 0 Å². The number of nitrogen functional groups attached to an aromatic ring is 1. The molecule has 1 saturated heterocycles. The monoisotopic (exact) mass is 403 g/mol. The molecule has 0 radical (unpaired) electrons. The number of nitrogens with two attached hydrogens (primary N) is 1. The molecule has 0 unspecified atom stereocenters. The normalized spacial score (nSPS) is 17.4. The minimum atomic E-state index is -4.48. The van der Waals surface area contributed by atoms with Gasteiger partial charge in [0.2, 0.25) is 0 Å². The lowest BCUT2D eigenvalue weighted by molar-refractivity contribution is -0.137. The molecule has 0 saturated carbocycles. The van der Waals surface area contributed by atoms with E-state index in [4.69, 9.17) is 22.7 Å². The molecular formula is C16H16F3N3O2S2. The van der Waals surface area contributed by atoms with Crippen molar-refractivity contribution in [2.24, 2.45) is 0 Å². The third-order valence-electron chi connectivity index (χ3n) is 4.00. The van der Waals surface area contributed by atoms with Gasteiger partial charge in [0.1, 0.15) is 10.7 Å². The number of amides is 1. The molecular weight excluding hydrogens is 387 g/mol. The topological polar surface area (TPSA) is 69.3 Å². The maximum atomic E-state index is 12.9. The van der Waals surface area contributed by atoms with Crippen molar-refractivity contribution in [3.8, 4) is 5.69 Å². The fourth-order valence-corrected chi connectivity index (χ4v) is 3.99. The molecule has 0 spiro atoms. The van der Waals surface area contributed by atoms with Crippen molar-refractivity contribution in [1.29, 1.82) is 0 Å². The van der Waals surface area contributed by atoms with Gasteiger partial charge in [-0.25, -0.2) is 0 Å². The van der Waals surface area contributed by atoms with Gasteiger partial charge in [-0.15, -0.1) is 0 Å². The Morgan fingerprint density at radius 2 is 2.23 bits per heavy atom. The number of anilines is 1. The van der Waals surface area contributed by atoms with Gasteiger partial charge in [-0.1, -0.05) is 17.4 Å². The van der Waals surface area contributed by atoms with Gasteiger partial charge < -0.3 is 15.8 Å². The van der Waals surface area contributed by atoms with Crippen LogP contribution < -0.4 is 11.1 Å². The second kappa shape index (κ2) is 7.37. The molecule has 0 bridgehead atoms. The summed E-state index contributed by atoms with van der Waals surface area (Å²) in [7, 11) is 0. The summed E-state index contributed by atoms with van der Waals surface area (Å²) >= 11 is 6.16. The maximum Gasteiger partial charge on any atom is 0.416 e. The Balaban J connectivity index is 1.86. The van der Waals surface area contributed by atoms with Crippen LogP contribution in [0.2, 0.25) is 0 Å². The van der Waals surface area contributed by atoms with Crippen LogP contribution in [0.4, 0.5) is 19.0 Å². The predicted octanol–water partition coefficient (Wildman–Crippen LogP) is 3.78. The molecule has 0 aliphatic carbocycles. The van der Waals surface area contributed by atoms with E-state index >= 15 is 0 Å². The minimum Gasteiger partial charge on any atom is -0.383 e. The number of halogens is 3. The summed E-state index contributed by atoms with van der Waals surface area (Å²) in [6.07, 6.45) is -2.69. The minimum absolute atomic E-state index is 0.0177. The molecule has 1 aromatic heterocycles. The Morgan fingerprint density at radius 3 is 2.88 bits per heavy atom. The van der Waals surface area contributed by atoms with Gasteiger partial charge in [-0.05, 0) is 43.3 Å². The van der Waals surface area contributed by atoms with Crippen LogP contribution in [0.15, 0.2) is 24.3 Å². The number of ether oxygens (including phenoxy) is 1. The lowest BCUT2D eigenvalue weighted by Gasteiger charge is -2.12. The zero-order chi connectivity index (χ0) is 18.9. The lowest BCUT2D eigenvalue weighted by Crippen LogP contribution is -2.31. The third kappa shape index (κ3) is 3.92. The molecule has 1 fully saturated rings. The quantitative estimate of drug-likeness (QED) is 0.763. The Labute approximate surface area is 156 Å². The van der Waals surface area contributed by atoms with Gasteiger partial charge in [0.05, 0.1) is 11.7 Å². The first-order chi connectivity index (χ1) is 12.3. The number of benzene rings is 1. The Morgan fingerprint density at radius 1 is 1.46 bits per heavy atom. The number of alkyl halides is 3. The van der Waals surface area contributed by atoms with Crippen molar-refractivity contribution in [1.82, 2.24) is 9.88 Å². The van der Waals surface area contributed by atoms with E-state index in [-0.39, 0.29) is 26.4 Å². The first-order valence-corrected chi connectivity index (χ1v) is 9.08. The summed E-state index contributed by atoms with van der Waals surface area (Å²) in [5.74, 6) is -0.399. The van der Waals surface area contributed by atoms with E-state index in [9.17, 15) is 18.0 Å². The van der Waals surface area contributed by atoms with Crippen molar-refractivity contribution >= 4 is 35.3 Å². The van der Waals surface area contributed by atoms with Crippen molar-refractivity contribution in [2.75, 3.05) is 18.9 Å². The van der Waals surface area contributed by atoms with Crippen molar-refractivity contribution in [2.45, 2.75) is 25.1 Å². The number of hydrogen-bond acceptors (Lipinski definition) is 5. The number of rotatable bonds is 4. The van der Waals surface area contributed by atoms with Crippen LogP contribution in [0.25, 0.3) is 5.69 Å². The highest BCUT2D eigenvalue weighted by atomic mass is 32.1. The Hall–Kier alpha value is -1.91. The highest BCUT2D eigenvalue weighted by Gasteiger charge is 2.31. The third-order valence-corrected chi connectivity index (χ3v) is 5.39. The number of carbonyl (C=O) groups excluding carboxylic acids is 1. The number of nitrogens with zero attached hydrogens (tertiary/aromatic N) is 1. The highest BCUT2D eigenvalue weighted by Crippen LogP contribution is 2.32. The highest BCUT2D eigenvalue weighted by molar-refractivity contribution is 7.73. The first-order valence-electron chi connectivity index (χ1n) is 7.86. The molecule has 1 aliphatic heterocycles. The molecule has 26 heavy (non-hydrogen) atoms. The number of thiazole rings is 1. The van der Waals surface area contributed by atoms with Crippen LogP contribution in [0, 0.1) is 3.95 Å². The van der Waals surface area contributed by atoms with Gasteiger partial charge in [-0.3, -0.25) is 9.36 Å². The van der Waals surface area contributed by atoms with Crippen LogP contribution in [0.3, 0.4) is 0 Å². The van der Waals surface area contributed by atoms with Gasteiger partial charge in [0, 0.05) is 18.8 Å². The van der Waals surface area contributed by atoms with E-state index < -0.39 is 17.6 Å².